The Bertz CT molecular complexity index is 321. The molecule has 2 heterocycles. The monoisotopic (exact) mass is 211 g/mol. The zero-order chi connectivity index (χ0) is 10.1. The van der Waals surface area contributed by atoms with Gasteiger partial charge in [0.1, 0.15) is 0 Å². The van der Waals surface area contributed by atoms with Crippen molar-refractivity contribution in [1.29, 1.82) is 0 Å². The molecular formula is C10H17N3S. The lowest BCUT2D eigenvalue weighted by molar-refractivity contribution is 0.712. The molecule has 1 fully saturated rings. The van der Waals surface area contributed by atoms with Gasteiger partial charge in [-0.2, -0.15) is 5.10 Å². The number of nitrogens with zero attached hydrogens (tertiary/aromatic N) is 2. The minimum Gasteiger partial charge on any atom is -0.300 e. The number of hydrogen-bond acceptors (Lipinski definition) is 3. The van der Waals surface area contributed by atoms with Gasteiger partial charge in [-0.15, -0.1) is 11.8 Å². The quantitative estimate of drug-likeness (QED) is 0.807. The predicted molar refractivity (Wildman–Crippen MR) is 60.4 cm³/mol. The Morgan fingerprint density at radius 2 is 2.50 bits per heavy atom. The summed E-state index contributed by atoms with van der Waals surface area (Å²) < 4.78 is 1.92. The first-order valence-electron chi connectivity index (χ1n) is 5.12. The lowest BCUT2D eigenvalue weighted by atomic mass is 10.2. The van der Waals surface area contributed by atoms with Crippen LogP contribution in [0, 0.1) is 0 Å². The molecule has 1 saturated heterocycles. The van der Waals surface area contributed by atoms with Crippen molar-refractivity contribution in [1.82, 2.24) is 15.1 Å². The van der Waals surface area contributed by atoms with Crippen LogP contribution in [0.1, 0.15) is 30.5 Å². The van der Waals surface area contributed by atoms with Crippen LogP contribution in [-0.4, -0.2) is 21.6 Å². The van der Waals surface area contributed by atoms with Crippen LogP contribution in [0.4, 0.5) is 0 Å². The molecule has 1 aliphatic rings. The number of nitrogens with one attached hydrogen (secondary N) is 1. The number of rotatable bonds is 2. The zero-order valence-corrected chi connectivity index (χ0v) is 9.77. The fraction of sp³-hybridized carbons (Fsp3) is 0.700. The minimum atomic E-state index is 0.452. The third kappa shape index (κ3) is 1.81. The molecule has 0 aliphatic carbocycles. The fourth-order valence-electron chi connectivity index (χ4n) is 1.83. The molecule has 2 atom stereocenters. The lowest BCUT2D eigenvalue weighted by Gasteiger charge is -2.08. The van der Waals surface area contributed by atoms with Crippen molar-refractivity contribution < 1.29 is 0 Å². The minimum absolute atomic E-state index is 0.452. The molecule has 0 radical (unpaired) electrons. The summed E-state index contributed by atoms with van der Waals surface area (Å²) in [6, 6.07) is 0. The average molecular weight is 211 g/mol. The van der Waals surface area contributed by atoms with Crippen molar-refractivity contribution in [2.24, 2.45) is 7.05 Å². The Morgan fingerprint density at radius 1 is 1.71 bits per heavy atom. The highest BCUT2D eigenvalue weighted by Gasteiger charge is 2.25. The van der Waals surface area contributed by atoms with Crippen molar-refractivity contribution in [2.45, 2.75) is 30.9 Å². The molecule has 0 aromatic carbocycles. The molecule has 0 spiro atoms. The van der Waals surface area contributed by atoms with E-state index in [-0.39, 0.29) is 0 Å². The molecule has 2 rings (SSSR count). The lowest BCUT2D eigenvalue weighted by Crippen LogP contribution is -2.14. The summed E-state index contributed by atoms with van der Waals surface area (Å²) in [4.78, 5) is 0. The van der Waals surface area contributed by atoms with E-state index in [1.165, 1.54) is 11.3 Å². The largest absolute Gasteiger partial charge is 0.300 e. The normalized spacial score (nSPS) is 27.1. The summed E-state index contributed by atoms with van der Waals surface area (Å²) >= 11 is 2.00. The van der Waals surface area contributed by atoms with Crippen molar-refractivity contribution in [2.75, 3.05) is 6.54 Å². The van der Waals surface area contributed by atoms with Gasteiger partial charge in [-0.05, 0) is 6.42 Å². The molecular weight excluding hydrogens is 194 g/mol. The number of hydrogen-bond donors (Lipinski definition) is 1. The molecule has 78 valence electrons. The van der Waals surface area contributed by atoms with E-state index in [9.17, 15) is 0 Å². The molecule has 0 bridgehead atoms. The van der Waals surface area contributed by atoms with Gasteiger partial charge in [-0.3, -0.25) is 4.68 Å². The number of aromatic nitrogens is 2. The first kappa shape index (κ1) is 10.1. The average Bonchev–Trinajstić information content (AvgIpc) is 2.71. The van der Waals surface area contributed by atoms with Crippen LogP contribution in [0.25, 0.3) is 0 Å². The Balaban J connectivity index is 2.22. The third-order valence-electron chi connectivity index (χ3n) is 2.51. The van der Waals surface area contributed by atoms with E-state index in [0.29, 0.717) is 10.6 Å². The van der Waals surface area contributed by atoms with Crippen LogP contribution in [0.3, 0.4) is 0 Å². The molecule has 4 heteroatoms. The third-order valence-corrected chi connectivity index (χ3v) is 3.84. The molecule has 1 N–H and O–H groups in total. The Morgan fingerprint density at radius 3 is 3.07 bits per heavy atom. The molecule has 1 aromatic rings. The zero-order valence-electron chi connectivity index (χ0n) is 8.95. The van der Waals surface area contributed by atoms with Gasteiger partial charge in [-0.25, -0.2) is 0 Å². The smallest absolute Gasteiger partial charge is 0.0826 e. The fourth-order valence-corrected chi connectivity index (χ4v) is 3.02. The highest BCUT2D eigenvalue weighted by Crippen LogP contribution is 2.35. The molecule has 0 amide bonds. The maximum Gasteiger partial charge on any atom is 0.0826 e. The first-order valence-corrected chi connectivity index (χ1v) is 6.06. The Labute approximate surface area is 89.3 Å². The van der Waals surface area contributed by atoms with Crippen LogP contribution >= 0.6 is 11.8 Å². The summed E-state index contributed by atoms with van der Waals surface area (Å²) in [6.45, 7) is 5.53. The van der Waals surface area contributed by atoms with E-state index in [1.807, 2.05) is 23.5 Å². The van der Waals surface area contributed by atoms with Gasteiger partial charge < -0.3 is 5.32 Å². The summed E-state index contributed by atoms with van der Waals surface area (Å²) in [5.74, 6) is 0. The van der Waals surface area contributed by atoms with Gasteiger partial charge in [0.25, 0.3) is 0 Å². The molecule has 3 nitrogen and oxygen atoms in total. The van der Waals surface area contributed by atoms with Gasteiger partial charge in [-0.1, -0.05) is 13.8 Å². The van der Waals surface area contributed by atoms with Gasteiger partial charge >= 0.3 is 0 Å². The van der Waals surface area contributed by atoms with Gasteiger partial charge in [0.2, 0.25) is 0 Å². The van der Waals surface area contributed by atoms with E-state index in [0.717, 1.165) is 13.0 Å². The first-order chi connectivity index (χ1) is 6.70. The van der Waals surface area contributed by atoms with Crippen LogP contribution in [0.15, 0.2) is 6.20 Å². The van der Waals surface area contributed by atoms with E-state index in [1.54, 1.807) is 0 Å². The Hall–Kier alpha value is -0.480. The maximum absolute atomic E-state index is 4.46. The SMILES string of the molecule is CCc1nn(C)cc1C1NCC(C)S1. The summed E-state index contributed by atoms with van der Waals surface area (Å²) in [5, 5.41) is 9.15. The van der Waals surface area contributed by atoms with Crippen LogP contribution in [-0.2, 0) is 13.5 Å². The predicted octanol–water partition coefficient (Wildman–Crippen LogP) is 1.71. The summed E-state index contributed by atoms with van der Waals surface area (Å²) in [7, 11) is 1.99. The Kier molecular flexibility index (Phi) is 2.83. The van der Waals surface area contributed by atoms with Gasteiger partial charge in [0, 0.05) is 30.6 Å². The van der Waals surface area contributed by atoms with Crippen LogP contribution in [0.5, 0.6) is 0 Å². The second kappa shape index (κ2) is 3.95. The van der Waals surface area contributed by atoms with E-state index in [2.05, 4.69) is 30.5 Å². The molecule has 0 saturated carbocycles. The van der Waals surface area contributed by atoms with Crippen molar-refractivity contribution in [3.63, 3.8) is 0 Å². The topological polar surface area (TPSA) is 29.9 Å². The molecule has 1 aromatic heterocycles. The molecule has 2 unspecified atom stereocenters. The maximum atomic E-state index is 4.46. The van der Waals surface area contributed by atoms with Crippen molar-refractivity contribution >= 4 is 11.8 Å². The van der Waals surface area contributed by atoms with Gasteiger partial charge in [0.05, 0.1) is 11.1 Å². The molecule has 14 heavy (non-hydrogen) atoms. The van der Waals surface area contributed by atoms with E-state index < -0.39 is 0 Å². The number of thioether (sulfide) groups is 1. The summed E-state index contributed by atoms with van der Waals surface area (Å²) in [6.07, 6.45) is 3.16. The second-order valence-corrected chi connectivity index (χ2v) is 5.34. The van der Waals surface area contributed by atoms with Crippen molar-refractivity contribution in [3.8, 4) is 0 Å². The summed E-state index contributed by atoms with van der Waals surface area (Å²) in [5.41, 5.74) is 2.59. The second-order valence-electron chi connectivity index (χ2n) is 3.79. The number of aryl methyl sites for hydroxylation is 2. The van der Waals surface area contributed by atoms with Gasteiger partial charge in [0.15, 0.2) is 0 Å². The highest BCUT2D eigenvalue weighted by molar-refractivity contribution is 8.00. The highest BCUT2D eigenvalue weighted by atomic mass is 32.2. The van der Waals surface area contributed by atoms with E-state index in [4.69, 9.17) is 0 Å². The standard InChI is InChI=1S/C10H17N3S/c1-4-9-8(6-13(3)12-9)10-11-5-7(2)14-10/h6-7,10-11H,4-5H2,1-3H3. The molecule has 1 aliphatic heterocycles. The van der Waals surface area contributed by atoms with E-state index >= 15 is 0 Å². The van der Waals surface area contributed by atoms with Crippen LogP contribution in [0.2, 0.25) is 0 Å². The van der Waals surface area contributed by atoms with Crippen LogP contribution < -0.4 is 5.32 Å². The van der Waals surface area contributed by atoms with Crippen molar-refractivity contribution in [3.05, 3.63) is 17.5 Å².